The molecule has 0 bridgehead atoms. The Morgan fingerprint density at radius 1 is 0.974 bits per heavy atom. The first-order valence-corrected chi connectivity index (χ1v) is 13.0. The molecular weight excluding hydrogens is 504 g/mol. The van der Waals surface area contributed by atoms with Crippen LogP contribution in [-0.4, -0.2) is 60.9 Å². The maximum atomic E-state index is 13.0. The number of hydrogen-bond acceptors (Lipinski definition) is 9. The van der Waals surface area contributed by atoms with Gasteiger partial charge >= 0.3 is 24.0 Å². The van der Waals surface area contributed by atoms with Crippen LogP contribution in [0.1, 0.15) is 67.4 Å². The number of nitrogens with one attached hydrogen (secondary N) is 2. The summed E-state index contributed by atoms with van der Waals surface area (Å²) in [5.74, 6) is -1.44. The summed E-state index contributed by atoms with van der Waals surface area (Å²) in [6, 6.07) is 5.30. The molecule has 218 valence electrons. The zero-order valence-corrected chi connectivity index (χ0v) is 24.6. The number of ether oxygens (including phenoxy) is 4. The van der Waals surface area contributed by atoms with Crippen molar-refractivity contribution in [3.05, 3.63) is 42.0 Å². The molecule has 0 saturated heterocycles. The summed E-state index contributed by atoms with van der Waals surface area (Å²) in [7, 11) is 1.22. The third kappa shape index (κ3) is 12.8. The van der Waals surface area contributed by atoms with Crippen LogP contribution in [0.25, 0.3) is 0 Å². The molecule has 39 heavy (non-hydrogen) atoms. The van der Waals surface area contributed by atoms with Crippen molar-refractivity contribution in [3.8, 4) is 5.75 Å². The average Bonchev–Trinajstić information content (AvgIpc) is 2.81. The van der Waals surface area contributed by atoms with Gasteiger partial charge in [0.15, 0.2) is 0 Å². The third-order valence-corrected chi connectivity index (χ3v) is 5.49. The molecule has 3 unspecified atom stereocenters. The van der Waals surface area contributed by atoms with Crippen LogP contribution < -0.4 is 15.4 Å². The average molecular weight is 549 g/mol. The van der Waals surface area contributed by atoms with Gasteiger partial charge in [0.2, 0.25) is 0 Å². The summed E-state index contributed by atoms with van der Waals surface area (Å²) in [5.41, 5.74) is 0.121. The molecule has 0 aliphatic carbocycles. The number of hydrogen-bond donors (Lipinski definition) is 2. The second-order valence-corrected chi connectivity index (χ2v) is 11.0. The van der Waals surface area contributed by atoms with Crippen LogP contribution in [0.3, 0.4) is 0 Å². The van der Waals surface area contributed by atoms with Crippen molar-refractivity contribution in [2.24, 2.45) is 5.92 Å². The van der Waals surface area contributed by atoms with Gasteiger partial charge < -0.3 is 24.3 Å². The molecule has 10 nitrogen and oxygen atoms in total. The second kappa shape index (κ2) is 15.3. The van der Waals surface area contributed by atoms with Gasteiger partial charge in [0, 0.05) is 17.7 Å². The minimum Gasteiger partial charge on any atom is -0.469 e. The highest BCUT2D eigenvalue weighted by Crippen LogP contribution is 2.18. The van der Waals surface area contributed by atoms with Gasteiger partial charge in [-0.15, -0.1) is 0 Å². The number of esters is 3. The number of alkyl carbamates (subject to hydrolysis) is 1. The highest BCUT2D eigenvalue weighted by Gasteiger charge is 2.30. The Hall–Kier alpha value is -3.40. The van der Waals surface area contributed by atoms with Gasteiger partial charge in [-0.3, -0.25) is 14.9 Å². The van der Waals surface area contributed by atoms with Crippen molar-refractivity contribution in [2.75, 3.05) is 7.11 Å². The van der Waals surface area contributed by atoms with Crippen molar-refractivity contribution < 1.29 is 38.1 Å². The van der Waals surface area contributed by atoms with E-state index < -0.39 is 35.6 Å². The number of carbonyl (C=O) groups excluding carboxylic acids is 4. The van der Waals surface area contributed by atoms with Crippen LogP contribution in [0, 0.1) is 5.92 Å². The summed E-state index contributed by atoms with van der Waals surface area (Å²) < 4.78 is 20.7. The molecule has 0 aliphatic heterocycles. The van der Waals surface area contributed by atoms with Gasteiger partial charge in [-0.05, 0) is 71.6 Å². The van der Waals surface area contributed by atoms with E-state index in [4.69, 9.17) is 14.2 Å². The van der Waals surface area contributed by atoms with E-state index in [1.165, 1.54) is 7.11 Å². The predicted octanol–water partition coefficient (Wildman–Crippen LogP) is 4.10. The molecule has 1 aromatic carbocycles. The van der Waals surface area contributed by atoms with E-state index in [0.29, 0.717) is 0 Å². The molecule has 0 aliphatic rings. The van der Waals surface area contributed by atoms with Gasteiger partial charge in [-0.2, -0.15) is 0 Å². The highest BCUT2D eigenvalue weighted by atomic mass is 16.6. The Morgan fingerprint density at radius 3 is 2.05 bits per heavy atom. The van der Waals surface area contributed by atoms with Gasteiger partial charge in [0.25, 0.3) is 0 Å². The first-order valence-electron chi connectivity index (χ1n) is 13.0. The summed E-state index contributed by atoms with van der Waals surface area (Å²) in [5, 5.41) is 6.23. The van der Waals surface area contributed by atoms with Crippen molar-refractivity contribution in [1.29, 1.82) is 0 Å². The summed E-state index contributed by atoms with van der Waals surface area (Å²) >= 11 is 0. The Kier molecular flexibility index (Phi) is 13.2. The molecule has 0 spiro atoms. The Balaban J connectivity index is 2.99. The van der Waals surface area contributed by atoms with E-state index in [2.05, 4.69) is 21.9 Å². The quantitative estimate of drug-likeness (QED) is 0.162. The molecule has 0 fully saturated rings. The van der Waals surface area contributed by atoms with Gasteiger partial charge in [-0.1, -0.05) is 32.6 Å². The van der Waals surface area contributed by atoms with Crippen LogP contribution in [0.5, 0.6) is 5.75 Å². The summed E-state index contributed by atoms with van der Waals surface area (Å²) in [6.45, 7) is 18.3. The van der Waals surface area contributed by atoms with Gasteiger partial charge in [0.05, 0.1) is 19.6 Å². The van der Waals surface area contributed by atoms with E-state index in [-0.39, 0.29) is 48.3 Å². The molecule has 0 radical (unpaired) electrons. The minimum atomic E-state index is -0.737. The van der Waals surface area contributed by atoms with Crippen LogP contribution in [-0.2, 0) is 35.0 Å². The molecule has 1 rings (SSSR count). The third-order valence-electron chi connectivity index (χ3n) is 5.49. The molecule has 0 aromatic heterocycles. The molecular formula is C29H44N2O8. The molecule has 2 N–H and O–H groups in total. The number of methoxy groups -OCH3 is 1. The van der Waals surface area contributed by atoms with Crippen LogP contribution >= 0.6 is 0 Å². The lowest BCUT2D eigenvalue weighted by Gasteiger charge is -2.33. The largest absolute Gasteiger partial charge is 0.469 e. The number of amides is 1. The lowest BCUT2D eigenvalue weighted by molar-refractivity contribution is -0.150. The monoisotopic (exact) mass is 548 g/mol. The first kappa shape index (κ1) is 33.6. The Bertz CT molecular complexity index is 996. The summed E-state index contributed by atoms with van der Waals surface area (Å²) in [6.07, 6.45) is -0.818. The predicted molar refractivity (Wildman–Crippen MR) is 147 cm³/mol. The molecule has 3 atom stereocenters. The minimum absolute atomic E-state index is 0.0275. The van der Waals surface area contributed by atoms with E-state index in [0.717, 1.165) is 5.56 Å². The zero-order valence-electron chi connectivity index (χ0n) is 24.6. The smallest absolute Gasteiger partial charge is 0.407 e. The number of rotatable bonds is 13. The van der Waals surface area contributed by atoms with E-state index in [9.17, 15) is 19.2 Å². The molecule has 1 amide bonds. The number of carbonyl (C=O) groups is 4. The fraction of sp³-hybridized carbons (Fsp3) is 0.586. The highest BCUT2D eigenvalue weighted by molar-refractivity contribution is 5.94. The fourth-order valence-electron chi connectivity index (χ4n) is 3.69. The van der Waals surface area contributed by atoms with Gasteiger partial charge in [0.1, 0.15) is 17.4 Å². The SMILES string of the molecule is C=C(CC(=O)OC)C(=O)Oc1ccc(CC(NC(C)C(NC(=O)OC(C)(C)C)C(C)C)C(=O)OC(C)C)cc1. The van der Waals surface area contributed by atoms with E-state index >= 15 is 0 Å². The van der Waals surface area contributed by atoms with Crippen molar-refractivity contribution in [3.63, 3.8) is 0 Å². The van der Waals surface area contributed by atoms with Crippen molar-refractivity contribution >= 4 is 24.0 Å². The maximum Gasteiger partial charge on any atom is 0.407 e. The topological polar surface area (TPSA) is 129 Å². The number of benzene rings is 1. The van der Waals surface area contributed by atoms with Crippen molar-refractivity contribution in [1.82, 2.24) is 10.6 Å². The maximum absolute atomic E-state index is 13.0. The van der Waals surface area contributed by atoms with Crippen LogP contribution in [0.15, 0.2) is 36.4 Å². The lowest BCUT2D eigenvalue weighted by Crippen LogP contribution is -2.56. The normalized spacial score (nSPS) is 13.7. The Morgan fingerprint density at radius 2 is 1.56 bits per heavy atom. The zero-order chi connectivity index (χ0) is 29.9. The second-order valence-electron chi connectivity index (χ2n) is 11.0. The van der Waals surface area contributed by atoms with E-state index in [1.54, 1.807) is 58.9 Å². The molecule has 10 heteroatoms. The van der Waals surface area contributed by atoms with Crippen LogP contribution in [0.4, 0.5) is 4.79 Å². The molecule has 0 heterocycles. The standard InChI is InChI=1S/C29H44N2O8/c1-17(2)25(31-28(35)39-29(7,8)9)20(6)30-23(27(34)37-18(3)4)16-21-11-13-22(14-12-21)38-26(33)19(5)15-24(32)36-10/h11-14,17-18,20,23,25,30H,5,15-16H2,1-4,6-10H3,(H,31,35). The fourth-order valence-corrected chi connectivity index (χ4v) is 3.69. The first-order chi connectivity index (χ1) is 18.0. The molecule has 0 saturated carbocycles. The molecule has 1 aromatic rings. The Labute approximate surface area is 231 Å². The lowest BCUT2D eigenvalue weighted by atomic mass is 9.96. The van der Waals surface area contributed by atoms with Crippen molar-refractivity contribution in [2.45, 2.75) is 98.1 Å². The van der Waals surface area contributed by atoms with Gasteiger partial charge in [-0.25, -0.2) is 9.59 Å². The summed E-state index contributed by atoms with van der Waals surface area (Å²) in [4.78, 5) is 48.9. The van der Waals surface area contributed by atoms with E-state index in [1.807, 2.05) is 20.8 Å². The van der Waals surface area contributed by atoms with Crippen LogP contribution in [0.2, 0.25) is 0 Å².